The van der Waals surface area contributed by atoms with E-state index in [-0.39, 0.29) is 24.5 Å². The summed E-state index contributed by atoms with van der Waals surface area (Å²) < 4.78 is 5.19. The lowest BCUT2D eigenvalue weighted by molar-refractivity contribution is -0.129. The molecule has 1 fully saturated rings. The highest BCUT2D eigenvalue weighted by Crippen LogP contribution is 2.32. The summed E-state index contributed by atoms with van der Waals surface area (Å²) in [5.74, 6) is -0.0419. The molecule has 0 saturated carbocycles. The maximum absolute atomic E-state index is 13.0. The fourth-order valence-electron chi connectivity index (χ4n) is 3.49. The van der Waals surface area contributed by atoms with Gasteiger partial charge in [-0.3, -0.25) is 4.79 Å². The highest BCUT2D eigenvalue weighted by atomic mass is 16.6. The molecule has 1 aliphatic rings. The Morgan fingerprint density at radius 3 is 2.42 bits per heavy atom. The van der Waals surface area contributed by atoms with Gasteiger partial charge in [-0.1, -0.05) is 80.4 Å². The SMILES string of the molecule is CCCC[C@H](CC(=O)N1C(=O)OC[C@H]1c1ccccc1)c1ccccc1. The summed E-state index contributed by atoms with van der Waals surface area (Å²) in [5.41, 5.74) is 2.08. The average Bonchev–Trinajstić information content (AvgIpc) is 3.08. The Bertz CT molecular complexity index is 730. The van der Waals surface area contributed by atoms with Crippen molar-refractivity contribution in [1.29, 1.82) is 0 Å². The van der Waals surface area contributed by atoms with E-state index in [2.05, 4.69) is 19.1 Å². The van der Waals surface area contributed by atoms with Gasteiger partial charge in [-0.05, 0) is 23.5 Å². The van der Waals surface area contributed by atoms with Crippen LogP contribution in [-0.4, -0.2) is 23.5 Å². The number of ether oxygens (including phenoxy) is 1. The molecule has 4 nitrogen and oxygen atoms in total. The molecule has 1 aliphatic heterocycles. The van der Waals surface area contributed by atoms with Gasteiger partial charge >= 0.3 is 6.09 Å². The predicted molar refractivity (Wildman–Crippen MR) is 101 cm³/mol. The molecule has 2 amide bonds. The molecule has 2 atom stereocenters. The van der Waals surface area contributed by atoms with Crippen molar-refractivity contribution in [2.45, 2.75) is 44.6 Å². The fraction of sp³-hybridized carbons (Fsp3) is 0.364. The topological polar surface area (TPSA) is 46.6 Å². The first-order valence-electron chi connectivity index (χ1n) is 9.29. The van der Waals surface area contributed by atoms with Crippen molar-refractivity contribution in [2.75, 3.05) is 6.61 Å². The molecule has 1 saturated heterocycles. The van der Waals surface area contributed by atoms with Gasteiger partial charge in [-0.15, -0.1) is 0 Å². The third-order valence-electron chi connectivity index (χ3n) is 4.92. The summed E-state index contributed by atoms with van der Waals surface area (Å²) >= 11 is 0. The predicted octanol–water partition coefficient (Wildman–Crippen LogP) is 5.07. The molecular formula is C22H25NO3. The molecule has 0 spiro atoms. The Morgan fingerprint density at radius 1 is 1.12 bits per heavy atom. The summed E-state index contributed by atoms with van der Waals surface area (Å²) in [6.45, 7) is 2.37. The number of cyclic esters (lactones) is 1. The maximum atomic E-state index is 13.0. The molecular weight excluding hydrogens is 326 g/mol. The van der Waals surface area contributed by atoms with Crippen molar-refractivity contribution < 1.29 is 14.3 Å². The minimum atomic E-state index is -0.536. The average molecular weight is 351 g/mol. The monoisotopic (exact) mass is 351 g/mol. The van der Waals surface area contributed by atoms with Crippen molar-refractivity contribution in [3.63, 3.8) is 0 Å². The van der Waals surface area contributed by atoms with E-state index >= 15 is 0 Å². The minimum Gasteiger partial charge on any atom is -0.446 e. The van der Waals surface area contributed by atoms with Crippen LogP contribution in [0.1, 0.15) is 55.7 Å². The van der Waals surface area contributed by atoms with E-state index in [0.717, 1.165) is 30.4 Å². The lowest BCUT2D eigenvalue weighted by Gasteiger charge is -2.23. The molecule has 0 aromatic heterocycles. The summed E-state index contributed by atoms with van der Waals surface area (Å²) in [6.07, 6.45) is 2.86. The third-order valence-corrected chi connectivity index (χ3v) is 4.92. The van der Waals surface area contributed by atoms with Gasteiger partial charge in [0.1, 0.15) is 12.6 Å². The van der Waals surface area contributed by atoms with Gasteiger partial charge in [0.25, 0.3) is 0 Å². The highest BCUT2D eigenvalue weighted by Gasteiger charge is 2.39. The Hall–Kier alpha value is -2.62. The minimum absolute atomic E-state index is 0.119. The Kier molecular flexibility index (Phi) is 6.05. The Labute approximate surface area is 154 Å². The standard InChI is InChI=1S/C22H25NO3/c1-2-3-10-19(17-11-6-4-7-12-17)15-21(24)23-20(16-26-22(23)25)18-13-8-5-9-14-18/h4-9,11-14,19-20H,2-3,10,15-16H2,1H3/t19-,20+/m1/s1. The summed E-state index contributed by atoms with van der Waals surface area (Å²) in [5, 5.41) is 0. The first-order valence-corrected chi connectivity index (χ1v) is 9.29. The molecule has 26 heavy (non-hydrogen) atoms. The highest BCUT2D eigenvalue weighted by molar-refractivity contribution is 5.94. The molecule has 3 rings (SSSR count). The van der Waals surface area contributed by atoms with Crippen LogP contribution in [0.2, 0.25) is 0 Å². The summed E-state index contributed by atoms with van der Waals surface area (Å²) in [4.78, 5) is 26.5. The number of rotatable bonds is 7. The van der Waals surface area contributed by atoms with Gasteiger partial charge in [-0.2, -0.15) is 0 Å². The van der Waals surface area contributed by atoms with Crippen LogP contribution in [0, 0.1) is 0 Å². The van der Waals surface area contributed by atoms with Gasteiger partial charge in [-0.25, -0.2) is 9.69 Å². The zero-order valence-electron chi connectivity index (χ0n) is 15.1. The van der Waals surface area contributed by atoms with Crippen LogP contribution in [0.3, 0.4) is 0 Å². The lowest BCUT2D eigenvalue weighted by Crippen LogP contribution is -2.35. The number of carbonyl (C=O) groups is 2. The third kappa shape index (κ3) is 4.13. The first kappa shape index (κ1) is 18.2. The van der Waals surface area contributed by atoms with Crippen molar-refractivity contribution in [3.8, 4) is 0 Å². The second kappa shape index (κ2) is 8.65. The van der Waals surface area contributed by atoms with Crippen LogP contribution >= 0.6 is 0 Å². The first-order chi connectivity index (χ1) is 12.7. The smallest absolute Gasteiger partial charge is 0.417 e. The van der Waals surface area contributed by atoms with E-state index < -0.39 is 6.09 Å². The summed E-state index contributed by atoms with van der Waals surface area (Å²) in [6, 6.07) is 19.4. The van der Waals surface area contributed by atoms with Gasteiger partial charge in [0.15, 0.2) is 0 Å². The number of benzene rings is 2. The van der Waals surface area contributed by atoms with Crippen LogP contribution in [0.25, 0.3) is 0 Å². The van der Waals surface area contributed by atoms with Crippen LogP contribution in [-0.2, 0) is 9.53 Å². The van der Waals surface area contributed by atoms with E-state index in [1.165, 1.54) is 4.90 Å². The molecule has 1 heterocycles. The van der Waals surface area contributed by atoms with Crippen molar-refractivity contribution in [1.82, 2.24) is 4.90 Å². The van der Waals surface area contributed by atoms with Gasteiger partial charge in [0.2, 0.25) is 5.91 Å². The quantitative estimate of drug-likeness (QED) is 0.699. The number of carbonyl (C=O) groups excluding carboxylic acids is 2. The van der Waals surface area contributed by atoms with E-state index in [0.29, 0.717) is 6.42 Å². The molecule has 2 aromatic rings. The van der Waals surface area contributed by atoms with Crippen LogP contribution in [0.4, 0.5) is 4.79 Å². The zero-order chi connectivity index (χ0) is 18.4. The molecule has 0 radical (unpaired) electrons. The van der Waals surface area contributed by atoms with Crippen LogP contribution in [0.15, 0.2) is 60.7 Å². The second-order valence-electron chi connectivity index (χ2n) is 6.72. The molecule has 0 bridgehead atoms. The maximum Gasteiger partial charge on any atom is 0.417 e. The van der Waals surface area contributed by atoms with Crippen molar-refractivity contribution in [3.05, 3.63) is 71.8 Å². The fourth-order valence-corrected chi connectivity index (χ4v) is 3.49. The lowest BCUT2D eigenvalue weighted by atomic mass is 9.90. The van der Waals surface area contributed by atoms with Crippen molar-refractivity contribution in [2.24, 2.45) is 0 Å². The molecule has 136 valence electrons. The number of hydrogen-bond acceptors (Lipinski definition) is 3. The molecule has 0 unspecified atom stereocenters. The van der Waals surface area contributed by atoms with Crippen molar-refractivity contribution >= 4 is 12.0 Å². The number of nitrogens with zero attached hydrogens (tertiary/aromatic N) is 1. The largest absolute Gasteiger partial charge is 0.446 e. The Balaban J connectivity index is 1.78. The van der Waals surface area contributed by atoms with E-state index in [1.807, 2.05) is 48.5 Å². The molecule has 2 aromatic carbocycles. The zero-order valence-corrected chi connectivity index (χ0v) is 15.1. The molecule has 0 N–H and O–H groups in total. The second-order valence-corrected chi connectivity index (χ2v) is 6.72. The number of unbranched alkanes of at least 4 members (excludes halogenated alkanes) is 1. The molecule has 0 aliphatic carbocycles. The summed E-state index contributed by atoms with van der Waals surface area (Å²) in [7, 11) is 0. The number of imide groups is 1. The van der Waals surface area contributed by atoms with Gasteiger partial charge in [0, 0.05) is 6.42 Å². The van der Waals surface area contributed by atoms with E-state index in [1.54, 1.807) is 0 Å². The normalized spacial score (nSPS) is 17.8. The van der Waals surface area contributed by atoms with E-state index in [9.17, 15) is 9.59 Å². The van der Waals surface area contributed by atoms with Crippen LogP contribution < -0.4 is 0 Å². The van der Waals surface area contributed by atoms with E-state index in [4.69, 9.17) is 4.74 Å². The van der Waals surface area contributed by atoms with Gasteiger partial charge < -0.3 is 4.74 Å². The molecule has 4 heteroatoms. The number of amides is 2. The Morgan fingerprint density at radius 2 is 1.77 bits per heavy atom. The number of hydrogen-bond donors (Lipinski definition) is 0. The van der Waals surface area contributed by atoms with Crippen LogP contribution in [0.5, 0.6) is 0 Å². The van der Waals surface area contributed by atoms with Gasteiger partial charge in [0.05, 0.1) is 0 Å².